The van der Waals surface area contributed by atoms with Gasteiger partial charge in [0.15, 0.2) is 0 Å². The van der Waals surface area contributed by atoms with Crippen molar-refractivity contribution in [2.75, 3.05) is 19.9 Å². The smallest absolute Gasteiger partial charge is 0.233 e. The van der Waals surface area contributed by atoms with Crippen LogP contribution < -0.4 is 4.74 Å². The van der Waals surface area contributed by atoms with Crippen LogP contribution in [0.5, 0.6) is 5.75 Å². The van der Waals surface area contributed by atoms with Gasteiger partial charge in [0, 0.05) is 19.0 Å². The molecule has 0 aliphatic heterocycles. The number of benzene rings is 2. The Bertz CT molecular complexity index is 1010. The second-order valence-electron chi connectivity index (χ2n) is 6.04. The lowest BCUT2D eigenvalue weighted by molar-refractivity contribution is -0.127. The Kier molecular flexibility index (Phi) is 5.94. The summed E-state index contributed by atoms with van der Waals surface area (Å²) in [4.78, 5) is 18.7. The Balaban J connectivity index is 1.67. The normalized spacial score (nSPS) is 10.4. The molecule has 6 heteroatoms. The van der Waals surface area contributed by atoms with E-state index in [9.17, 15) is 10.1 Å². The maximum absolute atomic E-state index is 12.5. The van der Waals surface area contributed by atoms with Crippen molar-refractivity contribution in [2.45, 2.75) is 11.6 Å². The van der Waals surface area contributed by atoms with E-state index < -0.39 is 0 Å². The van der Waals surface area contributed by atoms with Gasteiger partial charge in [-0.3, -0.25) is 4.79 Å². The molecule has 0 saturated heterocycles. The molecule has 0 spiro atoms. The molecule has 1 heterocycles. The highest BCUT2D eigenvalue weighted by Gasteiger charge is 2.13. The molecular weight excluding hydrogens is 358 g/mol. The molecule has 0 saturated carbocycles. The first-order valence-electron chi connectivity index (χ1n) is 8.40. The largest absolute Gasteiger partial charge is 0.497 e. The molecule has 1 aromatic heterocycles. The fraction of sp³-hybridized carbons (Fsp3) is 0.190. The molecule has 1 amide bonds. The Morgan fingerprint density at radius 3 is 2.81 bits per heavy atom. The fourth-order valence-corrected chi connectivity index (χ4v) is 3.57. The average Bonchev–Trinajstić information content (AvgIpc) is 2.71. The molecule has 3 rings (SSSR count). The van der Waals surface area contributed by atoms with Gasteiger partial charge in [0.05, 0.1) is 23.9 Å². The number of nitrogens with zero attached hydrogens (tertiary/aromatic N) is 3. The van der Waals surface area contributed by atoms with Gasteiger partial charge < -0.3 is 9.64 Å². The van der Waals surface area contributed by atoms with E-state index in [0.717, 1.165) is 22.2 Å². The molecule has 0 bridgehead atoms. The van der Waals surface area contributed by atoms with E-state index in [1.54, 1.807) is 19.1 Å². The van der Waals surface area contributed by atoms with Gasteiger partial charge in [0.2, 0.25) is 5.91 Å². The number of hydrogen-bond acceptors (Lipinski definition) is 5. The third-order valence-electron chi connectivity index (χ3n) is 4.12. The molecular formula is C21H19N3O2S. The van der Waals surface area contributed by atoms with E-state index in [-0.39, 0.29) is 11.7 Å². The zero-order valence-electron chi connectivity index (χ0n) is 15.2. The van der Waals surface area contributed by atoms with Crippen LogP contribution in [0, 0.1) is 11.3 Å². The molecule has 27 heavy (non-hydrogen) atoms. The number of aromatic nitrogens is 1. The highest BCUT2D eigenvalue weighted by molar-refractivity contribution is 8.00. The van der Waals surface area contributed by atoms with Crippen LogP contribution in [0.2, 0.25) is 0 Å². The number of carbonyl (C=O) groups excluding carboxylic acids is 1. The van der Waals surface area contributed by atoms with Crippen LogP contribution in [0.3, 0.4) is 0 Å². The maximum Gasteiger partial charge on any atom is 0.233 e. The monoisotopic (exact) mass is 377 g/mol. The van der Waals surface area contributed by atoms with Gasteiger partial charge in [0.25, 0.3) is 0 Å². The van der Waals surface area contributed by atoms with Gasteiger partial charge >= 0.3 is 0 Å². The molecule has 0 unspecified atom stereocenters. The SMILES string of the molecule is COc1cccc(CN(C)C(=O)CSc2nc3ccccc3cc2C#N)c1. The van der Waals surface area contributed by atoms with Crippen LogP contribution >= 0.6 is 11.8 Å². The van der Waals surface area contributed by atoms with Crippen LogP contribution in [0.1, 0.15) is 11.1 Å². The predicted molar refractivity (Wildman–Crippen MR) is 107 cm³/mol. The summed E-state index contributed by atoms with van der Waals surface area (Å²) in [6, 6.07) is 19.3. The number of carbonyl (C=O) groups is 1. The van der Waals surface area contributed by atoms with Crippen LogP contribution in [-0.2, 0) is 11.3 Å². The highest BCUT2D eigenvalue weighted by atomic mass is 32.2. The van der Waals surface area contributed by atoms with Crippen molar-refractivity contribution < 1.29 is 9.53 Å². The number of amides is 1. The number of rotatable bonds is 6. The molecule has 0 aliphatic rings. The molecule has 0 fully saturated rings. The summed E-state index contributed by atoms with van der Waals surface area (Å²) in [5.74, 6) is 0.962. The van der Waals surface area contributed by atoms with Gasteiger partial charge in [-0.15, -0.1) is 0 Å². The van der Waals surface area contributed by atoms with E-state index in [0.29, 0.717) is 17.1 Å². The lowest BCUT2D eigenvalue weighted by atomic mass is 10.2. The van der Waals surface area contributed by atoms with Crippen LogP contribution in [0.15, 0.2) is 59.6 Å². The summed E-state index contributed by atoms with van der Waals surface area (Å²) in [5.41, 5.74) is 2.30. The molecule has 0 atom stereocenters. The van der Waals surface area contributed by atoms with E-state index in [2.05, 4.69) is 11.1 Å². The van der Waals surface area contributed by atoms with Gasteiger partial charge in [-0.05, 0) is 29.8 Å². The summed E-state index contributed by atoms with van der Waals surface area (Å²) in [6.07, 6.45) is 0. The minimum absolute atomic E-state index is 0.0262. The molecule has 3 aromatic rings. The van der Waals surface area contributed by atoms with Crippen LogP contribution in [0.4, 0.5) is 0 Å². The minimum Gasteiger partial charge on any atom is -0.497 e. The highest BCUT2D eigenvalue weighted by Crippen LogP contribution is 2.25. The van der Waals surface area contributed by atoms with Gasteiger partial charge in [-0.1, -0.05) is 42.1 Å². The summed E-state index contributed by atoms with van der Waals surface area (Å²) >= 11 is 1.29. The number of fused-ring (bicyclic) bond motifs is 1. The van der Waals surface area contributed by atoms with Crippen molar-refractivity contribution in [3.05, 3.63) is 65.7 Å². The zero-order chi connectivity index (χ0) is 19.2. The summed E-state index contributed by atoms with van der Waals surface area (Å²) in [6.45, 7) is 0.493. The van der Waals surface area contributed by atoms with Crippen molar-refractivity contribution in [3.63, 3.8) is 0 Å². The summed E-state index contributed by atoms with van der Waals surface area (Å²) in [7, 11) is 3.38. The Labute approximate surface area is 162 Å². The number of thioether (sulfide) groups is 1. The van der Waals surface area contributed by atoms with Gasteiger partial charge in [-0.25, -0.2) is 4.98 Å². The number of methoxy groups -OCH3 is 1. The Morgan fingerprint density at radius 2 is 2.04 bits per heavy atom. The first-order valence-corrected chi connectivity index (χ1v) is 9.39. The number of ether oxygens (including phenoxy) is 1. The molecule has 136 valence electrons. The second-order valence-corrected chi connectivity index (χ2v) is 7.00. The van der Waals surface area contributed by atoms with Gasteiger partial charge in [0.1, 0.15) is 16.8 Å². The van der Waals surface area contributed by atoms with E-state index in [1.165, 1.54) is 11.8 Å². The molecule has 0 radical (unpaired) electrons. The number of pyridine rings is 1. The van der Waals surface area contributed by atoms with E-state index in [4.69, 9.17) is 4.74 Å². The number of nitriles is 1. The lowest BCUT2D eigenvalue weighted by Gasteiger charge is -2.17. The number of hydrogen-bond donors (Lipinski definition) is 0. The Hall–Kier alpha value is -3.04. The van der Waals surface area contributed by atoms with Crippen LogP contribution in [-0.4, -0.2) is 35.7 Å². The first kappa shape index (κ1) is 18.7. The Morgan fingerprint density at radius 1 is 1.22 bits per heavy atom. The predicted octanol–water partition coefficient (Wildman–Crippen LogP) is 3.87. The maximum atomic E-state index is 12.5. The molecule has 2 aromatic carbocycles. The molecule has 0 aliphatic carbocycles. The average molecular weight is 377 g/mol. The standard InChI is InChI=1S/C21H19N3O2S/c1-24(13-15-6-5-8-18(10-15)26-2)20(25)14-27-21-17(12-22)11-16-7-3-4-9-19(16)23-21/h3-11H,13-14H2,1-2H3. The summed E-state index contributed by atoms with van der Waals surface area (Å²) in [5, 5.41) is 10.9. The first-order chi connectivity index (χ1) is 13.1. The van der Waals surface area contributed by atoms with Gasteiger partial charge in [-0.2, -0.15) is 5.26 Å². The third-order valence-corrected chi connectivity index (χ3v) is 5.10. The lowest BCUT2D eigenvalue weighted by Crippen LogP contribution is -2.27. The summed E-state index contributed by atoms with van der Waals surface area (Å²) < 4.78 is 5.22. The second kappa shape index (κ2) is 8.56. The van der Waals surface area contributed by atoms with Crippen molar-refractivity contribution in [1.29, 1.82) is 5.26 Å². The topological polar surface area (TPSA) is 66.2 Å². The molecule has 0 N–H and O–H groups in total. The number of para-hydroxylation sites is 1. The van der Waals surface area contributed by atoms with Crippen molar-refractivity contribution in [2.24, 2.45) is 0 Å². The van der Waals surface area contributed by atoms with Crippen molar-refractivity contribution in [3.8, 4) is 11.8 Å². The van der Waals surface area contributed by atoms with E-state index >= 15 is 0 Å². The molecule has 5 nitrogen and oxygen atoms in total. The van der Waals surface area contributed by atoms with Crippen molar-refractivity contribution in [1.82, 2.24) is 9.88 Å². The fourth-order valence-electron chi connectivity index (χ4n) is 2.66. The van der Waals surface area contributed by atoms with Crippen molar-refractivity contribution >= 4 is 28.6 Å². The zero-order valence-corrected chi connectivity index (χ0v) is 16.0. The quantitative estimate of drug-likeness (QED) is 0.610. The van der Waals surface area contributed by atoms with E-state index in [1.807, 2.05) is 54.6 Å². The minimum atomic E-state index is -0.0262. The third kappa shape index (κ3) is 4.57. The van der Waals surface area contributed by atoms with Crippen LogP contribution in [0.25, 0.3) is 10.9 Å².